The highest BCUT2D eigenvalue weighted by Gasteiger charge is 2.69. The molecule has 5 atom stereocenters. The molecule has 224 valence electrons. The highest BCUT2D eigenvalue weighted by atomic mass is 32.2. The fraction of sp³-hybridized carbons (Fsp3) is 0.731. The molecular formula is C26H42N6O7S. The molecule has 14 heteroatoms. The lowest BCUT2D eigenvalue weighted by Crippen LogP contribution is -2.61. The van der Waals surface area contributed by atoms with Crippen molar-refractivity contribution in [1.82, 2.24) is 25.6 Å². The van der Waals surface area contributed by atoms with Crippen molar-refractivity contribution in [2.75, 3.05) is 13.1 Å². The van der Waals surface area contributed by atoms with Gasteiger partial charge in [0.25, 0.3) is 5.91 Å². The number of urea groups is 1. The molecule has 1 saturated heterocycles. The number of carbonyl (C=O) groups excluding carboxylic acids is 5. The molecule has 2 saturated carbocycles. The average molecular weight is 583 g/mol. The molecule has 1 aliphatic heterocycles. The number of likely N-dealkylation sites (tertiary alicyclic amines) is 1. The van der Waals surface area contributed by atoms with E-state index >= 15 is 0 Å². The fourth-order valence-electron chi connectivity index (χ4n) is 5.73. The maximum Gasteiger partial charge on any atom is 0.315 e. The lowest BCUT2D eigenvalue weighted by Gasteiger charge is -2.35. The van der Waals surface area contributed by atoms with E-state index < -0.39 is 69.8 Å². The van der Waals surface area contributed by atoms with Gasteiger partial charge in [-0.2, -0.15) is 0 Å². The Bertz CT molecular complexity index is 1170. The second kappa shape index (κ2) is 11.5. The van der Waals surface area contributed by atoms with E-state index in [1.54, 1.807) is 20.8 Å². The first kappa shape index (κ1) is 31.5. The number of Topliss-reactive ketones (excluding diaryl/α,β-unsaturated/α-hetero) is 1. The van der Waals surface area contributed by atoms with Crippen LogP contribution in [0.4, 0.5) is 4.79 Å². The minimum Gasteiger partial charge on any atom is -0.363 e. The Balaban J connectivity index is 1.85. The van der Waals surface area contributed by atoms with Gasteiger partial charge in [-0.05, 0) is 50.4 Å². The minimum atomic E-state index is -3.92. The van der Waals surface area contributed by atoms with Gasteiger partial charge < -0.3 is 26.6 Å². The van der Waals surface area contributed by atoms with Crippen molar-refractivity contribution < 1.29 is 32.4 Å². The zero-order chi connectivity index (χ0) is 30.2. The molecule has 0 aromatic rings. The predicted molar refractivity (Wildman–Crippen MR) is 147 cm³/mol. The molecule has 0 spiro atoms. The molecule has 0 radical (unpaired) electrons. The van der Waals surface area contributed by atoms with Gasteiger partial charge in [0.2, 0.25) is 27.6 Å². The van der Waals surface area contributed by atoms with Crippen molar-refractivity contribution in [3.63, 3.8) is 0 Å². The van der Waals surface area contributed by atoms with Crippen molar-refractivity contribution in [2.24, 2.45) is 28.9 Å². The number of piperidine rings is 1. The van der Waals surface area contributed by atoms with Crippen LogP contribution in [0.25, 0.3) is 0 Å². The van der Waals surface area contributed by atoms with Crippen LogP contribution in [0.3, 0.4) is 0 Å². The summed E-state index contributed by atoms with van der Waals surface area (Å²) in [4.78, 5) is 65.7. The van der Waals surface area contributed by atoms with Crippen LogP contribution in [-0.2, 0) is 29.2 Å². The first-order valence-electron chi connectivity index (χ1n) is 13.5. The van der Waals surface area contributed by atoms with Crippen molar-refractivity contribution in [3.8, 4) is 0 Å². The van der Waals surface area contributed by atoms with E-state index in [4.69, 9.17) is 5.73 Å². The number of fused-ring (bicyclic) bond motifs is 1. The van der Waals surface area contributed by atoms with Crippen LogP contribution in [0.15, 0.2) is 12.0 Å². The number of primary amides is 1. The molecule has 0 aromatic carbocycles. The Hall–Kier alpha value is -3.00. The molecule has 2 aliphatic carbocycles. The van der Waals surface area contributed by atoms with Crippen LogP contribution in [-0.4, -0.2) is 79.6 Å². The van der Waals surface area contributed by atoms with E-state index in [2.05, 4.69) is 27.3 Å². The Morgan fingerprint density at radius 2 is 1.73 bits per heavy atom. The predicted octanol–water partition coefficient (Wildman–Crippen LogP) is -0.272. The summed E-state index contributed by atoms with van der Waals surface area (Å²) in [6, 6.07) is -4.12. The van der Waals surface area contributed by atoms with Gasteiger partial charge in [-0.15, -0.1) is 0 Å². The van der Waals surface area contributed by atoms with Crippen LogP contribution in [0.5, 0.6) is 0 Å². The molecule has 3 aliphatic rings. The van der Waals surface area contributed by atoms with E-state index in [1.807, 2.05) is 13.8 Å². The highest BCUT2D eigenvalue weighted by molar-refractivity contribution is 7.92. The average Bonchev–Trinajstić information content (AvgIpc) is 3.14. The van der Waals surface area contributed by atoms with Crippen LogP contribution in [0, 0.1) is 23.2 Å². The van der Waals surface area contributed by atoms with E-state index in [-0.39, 0.29) is 36.1 Å². The number of nitrogens with zero attached hydrogens (tertiary/aromatic N) is 1. The number of nitrogens with two attached hydrogens (primary N) is 1. The van der Waals surface area contributed by atoms with Gasteiger partial charge >= 0.3 is 6.03 Å². The summed E-state index contributed by atoms with van der Waals surface area (Å²) in [5.41, 5.74) is 4.36. The third-order valence-electron chi connectivity index (χ3n) is 8.23. The minimum absolute atomic E-state index is 0.0157. The summed E-state index contributed by atoms with van der Waals surface area (Å²) in [7, 11) is -3.92. The van der Waals surface area contributed by atoms with E-state index in [1.165, 1.54) is 4.90 Å². The molecule has 3 fully saturated rings. The van der Waals surface area contributed by atoms with Gasteiger partial charge in [-0.25, -0.2) is 17.9 Å². The van der Waals surface area contributed by atoms with Crippen molar-refractivity contribution in [1.29, 1.82) is 0 Å². The maximum absolute atomic E-state index is 13.8. The highest BCUT2D eigenvalue weighted by Crippen LogP contribution is 2.64. The first-order chi connectivity index (χ1) is 18.4. The summed E-state index contributed by atoms with van der Waals surface area (Å²) in [6.07, 6.45) is 3.06. The van der Waals surface area contributed by atoms with Gasteiger partial charge in [0, 0.05) is 24.0 Å². The number of sulfonamides is 1. The van der Waals surface area contributed by atoms with Crippen molar-refractivity contribution in [2.45, 2.75) is 84.0 Å². The number of amides is 5. The lowest BCUT2D eigenvalue weighted by atomic mass is 9.80. The first-order valence-corrected chi connectivity index (χ1v) is 15.1. The van der Waals surface area contributed by atoms with E-state index in [0.717, 1.165) is 19.3 Å². The monoisotopic (exact) mass is 582 g/mol. The number of hydrogen-bond donors (Lipinski definition) is 5. The number of rotatable bonds is 12. The molecule has 5 amide bonds. The lowest BCUT2D eigenvalue weighted by molar-refractivity contribution is -0.143. The smallest absolute Gasteiger partial charge is 0.315 e. The SMILES string of the molecule is C=CS(=O)(=O)NC[C@H](NC(=O)NC(C)(C)C)C(=O)N1CC2[C@@H]([C@H]1C(=O)NC(CC1CCC1)C(=O)C(N)=O)C2(C)C. The van der Waals surface area contributed by atoms with Crippen LogP contribution < -0.4 is 26.4 Å². The molecule has 40 heavy (non-hydrogen) atoms. The second-order valence-electron chi connectivity index (χ2n) is 12.7. The fourth-order valence-corrected chi connectivity index (χ4v) is 6.25. The van der Waals surface area contributed by atoms with Gasteiger partial charge in [-0.1, -0.05) is 39.7 Å². The number of hydrogen-bond acceptors (Lipinski definition) is 7. The third kappa shape index (κ3) is 7.19. The third-order valence-corrected chi connectivity index (χ3v) is 9.24. The molecule has 13 nitrogen and oxygen atoms in total. The normalized spacial score (nSPS) is 25.0. The number of ketones is 1. The van der Waals surface area contributed by atoms with Crippen LogP contribution in [0.1, 0.15) is 60.3 Å². The van der Waals surface area contributed by atoms with E-state index in [9.17, 15) is 32.4 Å². The van der Waals surface area contributed by atoms with Crippen LogP contribution in [0.2, 0.25) is 0 Å². The molecule has 0 aromatic heterocycles. The van der Waals surface area contributed by atoms with Crippen molar-refractivity contribution in [3.05, 3.63) is 12.0 Å². The summed E-state index contributed by atoms with van der Waals surface area (Å²) < 4.78 is 26.3. The second-order valence-corrected chi connectivity index (χ2v) is 14.4. The maximum atomic E-state index is 13.8. The van der Waals surface area contributed by atoms with Gasteiger partial charge in [0.1, 0.15) is 12.1 Å². The van der Waals surface area contributed by atoms with E-state index in [0.29, 0.717) is 5.41 Å². The molecule has 6 N–H and O–H groups in total. The summed E-state index contributed by atoms with van der Waals surface area (Å²) in [6.45, 7) is 12.2. The molecule has 1 heterocycles. The summed E-state index contributed by atoms with van der Waals surface area (Å²) in [5, 5.41) is 8.57. The molecule has 2 unspecified atom stereocenters. The zero-order valence-electron chi connectivity index (χ0n) is 23.8. The standard InChI is InChI=1S/C26H42N6O7S/c1-7-40(38,39)28-12-17(30-24(37)31-25(2,3)4)23(36)32-13-15-18(26(15,5)6)19(32)22(35)29-16(20(33)21(27)34)11-14-9-8-10-14/h7,14-19,28H,1,8-13H2,2-6H3,(H2,27,34)(H,29,35)(H2,30,31,37)/t15?,16?,17-,18-,19-/m0/s1. The molecule has 3 rings (SSSR count). The Labute approximate surface area is 235 Å². The summed E-state index contributed by atoms with van der Waals surface area (Å²) >= 11 is 0. The van der Waals surface area contributed by atoms with Gasteiger partial charge in [-0.3, -0.25) is 19.2 Å². The zero-order valence-corrected chi connectivity index (χ0v) is 24.6. The van der Waals surface area contributed by atoms with Gasteiger partial charge in [0.05, 0.1) is 6.04 Å². The topological polar surface area (TPSA) is 197 Å². The number of carbonyl (C=O) groups is 5. The molecular weight excluding hydrogens is 540 g/mol. The summed E-state index contributed by atoms with van der Waals surface area (Å²) in [5.74, 6) is -3.33. The Morgan fingerprint density at radius 1 is 1.10 bits per heavy atom. The Morgan fingerprint density at radius 3 is 2.23 bits per heavy atom. The van der Waals surface area contributed by atoms with Crippen molar-refractivity contribution >= 4 is 39.6 Å². The van der Waals surface area contributed by atoms with Crippen LogP contribution >= 0.6 is 0 Å². The van der Waals surface area contributed by atoms with Gasteiger partial charge in [0.15, 0.2) is 0 Å². The quantitative estimate of drug-likeness (QED) is 0.195. The Kier molecular flexibility index (Phi) is 9.04. The number of nitrogens with one attached hydrogen (secondary N) is 4. The molecule has 0 bridgehead atoms. The largest absolute Gasteiger partial charge is 0.363 e.